The van der Waals surface area contributed by atoms with Crippen molar-refractivity contribution in [1.82, 2.24) is 5.32 Å². The van der Waals surface area contributed by atoms with Gasteiger partial charge in [-0.15, -0.1) is 0 Å². The van der Waals surface area contributed by atoms with Crippen LogP contribution in [0.1, 0.15) is 12.0 Å². The highest BCUT2D eigenvalue weighted by Gasteiger charge is 2.17. The van der Waals surface area contributed by atoms with Gasteiger partial charge in [0.25, 0.3) is 0 Å². The predicted octanol–water partition coefficient (Wildman–Crippen LogP) is 0.791. The van der Waals surface area contributed by atoms with Crippen molar-refractivity contribution in [2.45, 2.75) is 12.5 Å². The smallest absolute Gasteiger partial charge is 0.326 e. The van der Waals surface area contributed by atoms with Crippen molar-refractivity contribution in [2.24, 2.45) is 0 Å². The van der Waals surface area contributed by atoms with Gasteiger partial charge in [-0.25, -0.2) is 9.18 Å². The first-order valence-corrected chi connectivity index (χ1v) is 5.60. The summed E-state index contributed by atoms with van der Waals surface area (Å²) in [5, 5.41) is 19.7. The number of nitrogens with one attached hydrogen (secondary N) is 1. The van der Waals surface area contributed by atoms with Gasteiger partial charge in [0.1, 0.15) is 11.9 Å². The summed E-state index contributed by atoms with van der Waals surface area (Å²) < 4.78 is 12.6. The lowest BCUT2D eigenvalue weighted by Gasteiger charge is -2.11. The number of carbonyl (C=O) groups is 2. The minimum Gasteiger partial charge on any atom is -0.480 e. The van der Waals surface area contributed by atoms with E-state index in [-0.39, 0.29) is 18.8 Å². The first-order chi connectivity index (χ1) is 9.02. The molecule has 1 aromatic rings. The fourth-order valence-corrected chi connectivity index (χ4v) is 1.35. The summed E-state index contributed by atoms with van der Waals surface area (Å²) in [4.78, 5) is 22.2. The molecule has 1 unspecified atom stereocenters. The van der Waals surface area contributed by atoms with Gasteiger partial charge in [-0.3, -0.25) is 4.79 Å². The zero-order chi connectivity index (χ0) is 14.3. The lowest BCUT2D eigenvalue weighted by Crippen LogP contribution is -2.40. The van der Waals surface area contributed by atoms with Crippen molar-refractivity contribution >= 4 is 18.0 Å². The molecule has 1 rings (SSSR count). The molecule has 1 atom stereocenters. The van der Waals surface area contributed by atoms with E-state index in [9.17, 15) is 14.0 Å². The van der Waals surface area contributed by atoms with E-state index in [1.54, 1.807) is 0 Å². The maximum Gasteiger partial charge on any atom is 0.326 e. The standard InChI is InChI=1S/C13H14FNO4/c14-10-4-1-9(2-5-10)3-6-12(17)15-11(7-8-16)13(18)19/h1-6,11,16H,7-8H2,(H,15,17)(H,18,19)/b6-3+. The van der Waals surface area contributed by atoms with Crippen LogP contribution < -0.4 is 5.32 Å². The third-order valence-electron chi connectivity index (χ3n) is 2.33. The number of benzene rings is 1. The molecule has 102 valence electrons. The number of amides is 1. The van der Waals surface area contributed by atoms with Crippen molar-refractivity contribution < 1.29 is 24.2 Å². The van der Waals surface area contributed by atoms with Gasteiger partial charge >= 0.3 is 5.97 Å². The van der Waals surface area contributed by atoms with E-state index in [1.165, 1.54) is 30.3 Å². The number of hydrogen-bond donors (Lipinski definition) is 3. The topological polar surface area (TPSA) is 86.6 Å². The SMILES string of the molecule is O=C(/C=C/c1ccc(F)cc1)NC(CCO)C(=O)O. The molecule has 1 amide bonds. The van der Waals surface area contributed by atoms with Crippen molar-refractivity contribution in [3.05, 3.63) is 41.7 Å². The summed E-state index contributed by atoms with van der Waals surface area (Å²) in [6.45, 7) is -0.334. The Morgan fingerprint density at radius 1 is 1.32 bits per heavy atom. The fourth-order valence-electron chi connectivity index (χ4n) is 1.35. The maximum absolute atomic E-state index is 12.6. The Hall–Kier alpha value is -2.21. The molecule has 0 aromatic heterocycles. The van der Waals surface area contributed by atoms with Gasteiger partial charge in [0, 0.05) is 19.1 Å². The van der Waals surface area contributed by atoms with Gasteiger partial charge in [-0.05, 0) is 23.8 Å². The van der Waals surface area contributed by atoms with Crippen molar-refractivity contribution in [1.29, 1.82) is 0 Å². The third kappa shape index (κ3) is 5.31. The van der Waals surface area contributed by atoms with Crippen molar-refractivity contribution in [2.75, 3.05) is 6.61 Å². The monoisotopic (exact) mass is 267 g/mol. The molecule has 19 heavy (non-hydrogen) atoms. The predicted molar refractivity (Wildman–Crippen MR) is 66.7 cm³/mol. The summed E-state index contributed by atoms with van der Waals surface area (Å²) in [6.07, 6.45) is 2.53. The molecule has 5 nitrogen and oxygen atoms in total. The molecule has 0 aliphatic carbocycles. The number of halogens is 1. The average molecular weight is 267 g/mol. The zero-order valence-corrected chi connectivity index (χ0v) is 10.0. The molecular weight excluding hydrogens is 253 g/mol. The molecule has 0 heterocycles. The Morgan fingerprint density at radius 2 is 1.95 bits per heavy atom. The highest BCUT2D eigenvalue weighted by Crippen LogP contribution is 2.04. The number of aliphatic hydroxyl groups excluding tert-OH is 1. The minimum atomic E-state index is -1.21. The van der Waals surface area contributed by atoms with E-state index in [4.69, 9.17) is 10.2 Å². The lowest BCUT2D eigenvalue weighted by molar-refractivity contribution is -0.141. The molecule has 0 saturated carbocycles. The van der Waals surface area contributed by atoms with Crippen LogP contribution in [0.25, 0.3) is 6.08 Å². The molecule has 0 fully saturated rings. The van der Waals surface area contributed by atoms with Crippen LogP contribution in [0.4, 0.5) is 4.39 Å². The fraction of sp³-hybridized carbons (Fsp3) is 0.231. The van der Waals surface area contributed by atoms with Gasteiger partial charge in [0.15, 0.2) is 0 Å². The molecule has 0 radical (unpaired) electrons. The number of aliphatic hydroxyl groups is 1. The maximum atomic E-state index is 12.6. The van der Waals surface area contributed by atoms with Gasteiger partial charge in [0.05, 0.1) is 0 Å². The largest absolute Gasteiger partial charge is 0.480 e. The second kappa shape index (κ2) is 7.27. The summed E-state index contributed by atoms with van der Waals surface area (Å²) in [7, 11) is 0. The van der Waals surface area contributed by atoms with Crippen LogP contribution >= 0.6 is 0 Å². The quantitative estimate of drug-likeness (QED) is 0.665. The van der Waals surface area contributed by atoms with Gasteiger partial charge < -0.3 is 15.5 Å². The van der Waals surface area contributed by atoms with E-state index in [0.29, 0.717) is 5.56 Å². The van der Waals surface area contributed by atoms with E-state index < -0.39 is 17.9 Å². The third-order valence-corrected chi connectivity index (χ3v) is 2.33. The molecule has 1 aromatic carbocycles. The summed E-state index contributed by atoms with van der Waals surface area (Å²) in [6, 6.07) is 4.35. The first-order valence-electron chi connectivity index (χ1n) is 5.60. The van der Waals surface area contributed by atoms with Crippen LogP contribution in [0.2, 0.25) is 0 Å². The highest BCUT2D eigenvalue weighted by molar-refractivity contribution is 5.94. The normalized spacial score (nSPS) is 12.3. The van der Waals surface area contributed by atoms with Gasteiger partial charge in [-0.1, -0.05) is 12.1 Å². The Labute approximate surface area is 109 Å². The molecule has 0 bridgehead atoms. The van der Waals surface area contributed by atoms with Crippen LogP contribution in [-0.4, -0.2) is 34.7 Å². The molecule has 0 aliphatic heterocycles. The number of carboxylic acids is 1. The molecule has 0 aliphatic rings. The lowest BCUT2D eigenvalue weighted by atomic mass is 10.2. The van der Waals surface area contributed by atoms with Crippen LogP contribution in [0, 0.1) is 5.82 Å². The number of hydrogen-bond acceptors (Lipinski definition) is 3. The van der Waals surface area contributed by atoms with E-state index in [1.807, 2.05) is 0 Å². The number of aliphatic carboxylic acids is 1. The molecule has 6 heteroatoms. The highest BCUT2D eigenvalue weighted by atomic mass is 19.1. The van der Waals surface area contributed by atoms with E-state index >= 15 is 0 Å². The van der Waals surface area contributed by atoms with Crippen molar-refractivity contribution in [3.63, 3.8) is 0 Å². The van der Waals surface area contributed by atoms with Crippen LogP contribution in [0.5, 0.6) is 0 Å². The molecular formula is C13H14FNO4. The molecule has 0 saturated heterocycles. The van der Waals surface area contributed by atoms with Gasteiger partial charge in [-0.2, -0.15) is 0 Å². The van der Waals surface area contributed by atoms with Crippen molar-refractivity contribution in [3.8, 4) is 0 Å². The Balaban J connectivity index is 2.58. The van der Waals surface area contributed by atoms with E-state index in [2.05, 4.69) is 5.32 Å². The van der Waals surface area contributed by atoms with E-state index in [0.717, 1.165) is 6.08 Å². The molecule has 3 N–H and O–H groups in total. The number of carboxylic acid groups (broad SMARTS) is 1. The second-order valence-electron chi connectivity index (χ2n) is 3.80. The average Bonchev–Trinajstić information content (AvgIpc) is 2.37. The molecule has 0 spiro atoms. The first kappa shape index (κ1) is 14.8. The Kier molecular flexibility index (Phi) is 5.69. The number of rotatable bonds is 6. The van der Waals surface area contributed by atoms with Crippen LogP contribution in [0.15, 0.2) is 30.3 Å². The summed E-state index contributed by atoms with van der Waals surface area (Å²) >= 11 is 0. The van der Waals surface area contributed by atoms with Crippen LogP contribution in [-0.2, 0) is 9.59 Å². The zero-order valence-electron chi connectivity index (χ0n) is 10.0. The van der Waals surface area contributed by atoms with Crippen LogP contribution in [0.3, 0.4) is 0 Å². The number of carbonyl (C=O) groups excluding carboxylic acids is 1. The Morgan fingerprint density at radius 3 is 2.47 bits per heavy atom. The summed E-state index contributed by atoms with van der Waals surface area (Å²) in [5.74, 6) is -2.18. The summed E-state index contributed by atoms with van der Waals surface area (Å²) in [5.41, 5.74) is 0.616. The van der Waals surface area contributed by atoms with Gasteiger partial charge in [0.2, 0.25) is 5.91 Å². The second-order valence-corrected chi connectivity index (χ2v) is 3.80. The Bertz CT molecular complexity index is 470. The minimum absolute atomic E-state index is 0.0640.